The van der Waals surface area contributed by atoms with Crippen LogP contribution in [0.1, 0.15) is 12.5 Å². The molecule has 1 N–H and O–H groups in total. The number of fused-ring (bicyclic) bond motifs is 1. The minimum atomic E-state index is -0.196. The molecule has 3 rings (SSSR count). The van der Waals surface area contributed by atoms with Crippen LogP contribution in [0, 0.1) is 0 Å². The third kappa shape index (κ3) is 5.24. The van der Waals surface area contributed by atoms with Crippen LogP contribution in [0.2, 0.25) is 0 Å². The molecule has 1 amide bonds. The molecule has 0 unspecified atom stereocenters. The molecule has 0 fully saturated rings. The van der Waals surface area contributed by atoms with Crippen LogP contribution in [0.25, 0.3) is 10.2 Å². The number of amides is 1. The van der Waals surface area contributed by atoms with Crippen molar-refractivity contribution in [2.24, 2.45) is 5.10 Å². The lowest BCUT2D eigenvalue weighted by Crippen LogP contribution is -2.19. The summed E-state index contributed by atoms with van der Waals surface area (Å²) in [6.07, 6.45) is 1.56. The Balaban J connectivity index is 1.57. The molecular weight excluding hydrogens is 462 g/mol. The van der Waals surface area contributed by atoms with E-state index in [9.17, 15) is 4.79 Å². The lowest BCUT2D eigenvalue weighted by molar-refractivity contribution is -0.118. The molecule has 0 radical (unpaired) electrons. The van der Waals surface area contributed by atoms with Crippen molar-refractivity contribution in [3.05, 3.63) is 46.4 Å². The normalized spacial score (nSPS) is 11.1. The van der Waals surface area contributed by atoms with Gasteiger partial charge in [0.25, 0.3) is 5.91 Å². The fraction of sp³-hybridized carbons (Fsp3) is 0.211. The summed E-state index contributed by atoms with van der Waals surface area (Å²) in [7, 11) is 1.58. The van der Waals surface area contributed by atoms with Crippen LogP contribution in [0.5, 0.6) is 11.5 Å². The maximum absolute atomic E-state index is 12.0. The molecule has 0 saturated heterocycles. The Morgan fingerprint density at radius 2 is 2.21 bits per heavy atom. The van der Waals surface area contributed by atoms with Crippen LogP contribution in [0.3, 0.4) is 0 Å². The van der Waals surface area contributed by atoms with E-state index in [1.165, 1.54) is 11.8 Å². The summed E-state index contributed by atoms with van der Waals surface area (Å²) in [6.45, 7) is 2.42. The molecule has 0 bridgehead atoms. The lowest BCUT2D eigenvalue weighted by Gasteiger charge is -2.11. The van der Waals surface area contributed by atoms with Crippen molar-refractivity contribution in [2.45, 2.75) is 11.3 Å². The van der Waals surface area contributed by atoms with Crippen LogP contribution in [0.4, 0.5) is 0 Å². The summed E-state index contributed by atoms with van der Waals surface area (Å²) in [5.74, 6) is 1.28. The number of methoxy groups -OCH3 is 1. The number of hydrogen-bond donors (Lipinski definition) is 1. The Hall–Kier alpha value is -2.10. The standard InChI is InChI=1S/C19H18BrN3O3S2/c1-3-26-15-9-12(8-13(20)18(15)25-2)10-21-23-17(24)11-27-19-22-14-6-4-5-7-16(14)28-19/h4-10H,3,11H2,1-2H3,(H,23,24)/b21-10-. The van der Waals surface area contributed by atoms with E-state index in [0.29, 0.717) is 18.1 Å². The van der Waals surface area contributed by atoms with Crippen LogP contribution in [0.15, 0.2) is 50.3 Å². The molecule has 2 aromatic carbocycles. The van der Waals surface area contributed by atoms with Gasteiger partial charge in [-0.25, -0.2) is 10.4 Å². The van der Waals surface area contributed by atoms with Crippen molar-refractivity contribution in [3.63, 3.8) is 0 Å². The SMILES string of the molecule is CCOc1cc(/C=N\NC(=O)CSc2nc3ccccc3s2)cc(Br)c1OC. The highest BCUT2D eigenvalue weighted by Gasteiger charge is 2.11. The molecule has 146 valence electrons. The second kappa shape index (κ2) is 9.90. The minimum absolute atomic E-state index is 0.196. The molecular formula is C19H18BrN3O3S2. The molecule has 1 aromatic heterocycles. The summed E-state index contributed by atoms with van der Waals surface area (Å²) in [4.78, 5) is 16.5. The maximum atomic E-state index is 12.0. The van der Waals surface area contributed by atoms with Crippen LogP contribution in [-0.2, 0) is 4.79 Å². The third-order valence-corrected chi connectivity index (χ3v) is 6.31. The van der Waals surface area contributed by atoms with E-state index in [1.54, 1.807) is 30.7 Å². The van der Waals surface area contributed by atoms with Gasteiger partial charge in [0.2, 0.25) is 0 Å². The summed E-state index contributed by atoms with van der Waals surface area (Å²) < 4.78 is 13.6. The first kappa shape index (κ1) is 20.6. The smallest absolute Gasteiger partial charge is 0.250 e. The van der Waals surface area contributed by atoms with Crippen LogP contribution >= 0.6 is 39.0 Å². The van der Waals surface area contributed by atoms with Crippen molar-refractivity contribution < 1.29 is 14.3 Å². The zero-order chi connectivity index (χ0) is 19.9. The third-order valence-electron chi connectivity index (χ3n) is 3.54. The predicted molar refractivity (Wildman–Crippen MR) is 118 cm³/mol. The fourth-order valence-corrected chi connectivity index (χ4v) is 4.86. The molecule has 9 heteroatoms. The van der Waals surface area contributed by atoms with E-state index < -0.39 is 0 Å². The molecule has 3 aromatic rings. The number of thioether (sulfide) groups is 1. The van der Waals surface area contributed by atoms with E-state index in [0.717, 1.165) is 24.6 Å². The number of rotatable bonds is 8. The number of thiazole rings is 1. The Labute approximate surface area is 179 Å². The number of halogens is 1. The molecule has 0 saturated carbocycles. The van der Waals surface area contributed by atoms with Crippen molar-refractivity contribution in [1.29, 1.82) is 0 Å². The molecule has 1 heterocycles. The summed E-state index contributed by atoms with van der Waals surface area (Å²) >= 11 is 6.42. The van der Waals surface area contributed by atoms with Crippen molar-refractivity contribution in [1.82, 2.24) is 10.4 Å². The van der Waals surface area contributed by atoms with Gasteiger partial charge in [-0.1, -0.05) is 23.9 Å². The number of nitrogens with one attached hydrogen (secondary N) is 1. The van der Waals surface area contributed by atoms with Gasteiger partial charge in [0.15, 0.2) is 15.8 Å². The fourth-order valence-electron chi connectivity index (χ4n) is 2.37. The summed E-state index contributed by atoms with van der Waals surface area (Å²) in [6, 6.07) is 11.6. The Bertz CT molecular complexity index is 974. The van der Waals surface area contributed by atoms with E-state index in [4.69, 9.17) is 9.47 Å². The lowest BCUT2D eigenvalue weighted by atomic mass is 10.2. The van der Waals surface area contributed by atoms with Crippen LogP contribution < -0.4 is 14.9 Å². The number of para-hydroxylation sites is 1. The van der Waals surface area contributed by atoms with Crippen molar-refractivity contribution >= 4 is 61.4 Å². The molecule has 0 aliphatic carbocycles. The number of ether oxygens (including phenoxy) is 2. The van der Waals surface area contributed by atoms with Gasteiger partial charge in [-0.3, -0.25) is 4.79 Å². The highest BCUT2D eigenvalue weighted by atomic mass is 79.9. The van der Waals surface area contributed by atoms with Gasteiger partial charge in [-0.2, -0.15) is 5.10 Å². The Kier molecular flexibility index (Phi) is 7.30. The average Bonchev–Trinajstić information content (AvgIpc) is 3.09. The number of carbonyl (C=O) groups excluding carboxylic acids is 1. The molecule has 0 aliphatic heterocycles. The first-order valence-corrected chi connectivity index (χ1v) is 11.0. The second-order valence-corrected chi connectivity index (χ2v) is 8.60. The minimum Gasteiger partial charge on any atom is -0.492 e. The van der Waals surface area contributed by atoms with Crippen LogP contribution in [-0.4, -0.2) is 36.6 Å². The number of carbonyl (C=O) groups is 1. The average molecular weight is 480 g/mol. The van der Waals surface area contributed by atoms with Gasteiger partial charge in [0.1, 0.15) is 0 Å². The predicted octanol–water partition coefficient (Wildman–Crippen LogP) is 4.71. The van der Waals surface area contributed by atoms with Gasteiger partial charge in [0, 0.05) is 0 Å². The Morgan fingerprint density at radius 3 is 2.96 bits per heavy atom. The van der Waals surface area contributed by atoms with E-state index in [2.05, 4.69) is 31.4 Å². The van der Waals surface area contributed by atoms with E-state index in [1.807, 2.05) is 37.3 Å². The molecule has 0 aliphatic rings. The van der Waals surface area contributed by atoms with E-state index >= 15 is 0 Å². The number of benzene rings is 2. The van der Waals surface area contributed by atoms with Crippen molar-refractivity contribution in [2.75, 3.05) is 19.5 Å². The molecule has 0 atom stereocenters. The van der Waals surface area contributed by atoms with Gasteiger partial charge in [0.05, 0.1) is 40.4 Å². The highest BCUT2D eigenvalue weighted by Crippen LogP contribution is 2.36. The van der Waals surface area contributed by atoms with Gasteiger partial charge >= 0.3 is 0 Å². The Morgan fingerprint density at radius 1 is 1.39 bits per heavy atom. The number of hydrogen-bond acceptors (Lipinski definition) is 7. The van der Waals surface area contributed by atoms with Gasteiger partial charge < -0.3 is 9.47 Å². The van der Waals surface area contributed by atoms with Gasteiger partial charge in [-0.15, -0.1) is 11.3 Å². The van der Waals surface area contributed by atoms with Crippen molar-refractivity contribution in [3.8, 4) is 11.5 Å². The largest absolute Gasteiger partial charge is 0.492 e. The zero-order valence-electron chi connectivity index (χ0n) is 15.3. The molecule has 6 nitrogen and oxygen atoms in total. The number of aromatic nitrogens is 1. The topological polar surface area (TPSA) is 72.8 Å². The molecule has 0 spiro atoms. The second-order valence-electron chi connectivity index (χ2n) is 5.50. The van der Waals surface area contributed by atoms with E-state index in [-0.39, 0.29) is 11.7 Å². The highest BCUT2D eigenvalue weighted by molar-refractivity contribution is 9.10. The molecule has 28 heavy (non-hydrogen) atoms. The maximum Gasteiger partial charge on any atom is 0.250 e. The monoisotopic (exact) mass is 479 g/mol. The first-order valence-electron chi connectivity index (χ1n) is 8.41. The summed E-state index contributed by atoms with van der Waals surface area (Å²) in [5.41, 5.74) is 4.26. The summed E-state index contributed by atoms with van der Waals surface area (Å²) in [5, 5.41) is 4.02. The van der Waals surface area contributed by atoms with Gasteiger partial charge in [-0.05, 0) is 52.7 Å². The zero-order valence-corrected chi connectivity index (χ0v) is 18.5. The number of hydrazone groups is 1. The number of nitrogens with zero attached hydrogens (tertiary/aromatic N) is 2. The quantitative estimate of drug-likeness (QED) is 0.287. The first-order chi connectivity index (χ1) is 13.6.